The summed E-state index contributed by atoms with van der Waals surface area (Å²) in [5.41, 5.74) is 3.11. The van der Waals surface area contributed by atoms with E-state index in [4.69, 9.17) is 0 Å². The first-order valence-corrected chi connectivity index (χ1v) is 10.8. The summed E-state index contributed by atoms with van der Waals surface area (Å²) in [5, 5.41) is 2.94. The van der Waals surface area contributed by atoms with E-state index in [1.54, 1.807) is 31.0 Å². The molecule has 0 radical (unpaired) electrons. The van der Waals surface area contributed by atoms with Crippen molar-refractivity contribution in [2.24, 2.45) is 0 Å². The van der Waals surface area contributed by atoms with E-state index in [0.717, 1.165) is 29.7 Å². The van der Waals surface area contributed by atoms with Crippen LogP contribution in [-0.4, -0.2) is 49.7 Å². The maximum Gasteiger partial charge on any atom is 0.254 e. The van der Waals surface area contributed by atoms with Crippen molar-refractivity contribution in [3.8, 4) is 0 Å². The molecular formula is C24H26N6O2. The van der Waals surface area contributed by atoms with E-state index < -0.39 is 0 Å². The highest BCUT2D eigenvalue weighted by atomic mass is 16.2. The summed E-state index contributed by atoms with van der Waals surface area (Å²) < 4.78 is 0. The number of hydrogen-bond donors (Lipinski definition) is 1. The van der Waals surface area contributed by atoms with Crippen LogP contribution >= 0.6 is 0 Å². The Labute approximate surface area is 187 Å². The third-order valence-electron chi connectivity index (χ3n) is 5.67. The predicted octanol–water partition coefficient (Wildman–Crippen LogP) is 2.45. The normalized spacial score (nSPS) is 14.2. The molecule has 0 aliphatic carbocycles. The van der Waals surface area contributed by atoms with E-state index in [-0.39, 0.29) is 17.7 Å². The number of carbonyl (C=O) groups is 2. The summed E-state index contributed by atoms with van der Waals surface area (Å²) in [5.74, 6) is 0.654. The molecule has 8 heteroatoms. The van der Waals surface area contributed by atoms with Gasteiger partial charge in [0.2, 0.25) is 5.91 Å². The summed E-state index contributed by atoms with van der Waals surface area (Å²) in [7, 11) is 0. The van der Waals surface area contributed by atoms with Gasteiger partial charge in [-0.2, -0.15) is 0 Å². The lowest BCUT2D eigenvalue weighted by Gasteiger charge is -2.32. The van der Waals surface area contributed by atoms with Crippen molar-refractivity contribution in [3.05, 3.63) is 83.5 Å². The third-order valence-corrected chi connectivity index (χ3v) is 5.67. The minimum atomic E-state index is -0.195. The number of pyridine rings is 2. The Balaban J connectivity index is 1.40. The van der Waals surface area contributed by atoms with Crippen LogP contribution in [0.3, 0.4) is 0 Å². The largest absolute Gasteiger partial charge is 0.348 e. The molecule has 4 rings (SSSR count). The molecule has 0 aromatic carbocycles. The van der Waals surface area contributed by atoms with Gasteiger partial charge in [-0.25, -0.2) is 9.97 Å². The van der Waals surface area contributed by atoms with Crippen molar-refractivity contribution in [3.63, 3.8) is 0 Å². The van der Waals surface area contributed by atoms with Crippen molar-refractivity contribution < 1.29 is 9.59 Å². The minimum Gasteiger partial charge on any atom is -0.348 e. The van der Waals surface area contributed by atoms with Gasteiger partial charge in [0, 0.05) is 56.5 Å². The van der Waals surface area contributed by atoms with Crippen LogP contribution in [0.4, 0.5) is 0 Å². The van der Waals surface area contributed by atoms with E-state index in [0.29, 0.717) is 37.4 Å². The Morgan fingerprint density at radius 3 is 2.38 bits per heavy atom. The number of aromatic nitrogens is 4. The van der Waals surface area contributed by atoms with Crippen molar-refractivity contribution in [1.82, 2.24) is 30.2 Å². The molecular weight excluding hydrogens is 404 g/mol. The van der Waals surface area contributed by atoms with Crippen molar-refractivity contribution >= 4 is 11.8 Å². The van der Waals surface area contributed by atoms with Gasteiger partial charge in [0.05, 0.1) is 17.7 Å². The molecule has 1 fully saturated rings. The van der Waals surface area contributed by atoms with Gasteiger partial charge in [-0.1, -0.05) is 12.1 Å². The maximum atomic E-state index is 12.9. The van der Waals surface area contributed by atoms with Crippen LogP contribution in [-0.2, 0) is 17.8 Å². The lowest BCUT2D eigenvalue weighted by Crippen LogP contribution is -2.39. The number of nitrogens with one attached hydrogen (secondary N) is 1. The molecule has 164 valence electrons. The number of piperidine rings is 1. The van der Waals surface area contributed by atoms with Crippen molar-refractivity contribution in [2.45, 2.75) is 38.6 Å². The summed E-state index contributed by atoms with van der Waals surface area (Å²) in [4.78, 5) is 44.4. The zero-order chi connectivity index (χ0) is 22.3. The second-order valence-corrected chi connectivity index (χ2v) is 7.95. The van der Waals surface area contributed by atoms with Crippen LogP contribution in [0.1, 0.15) is 51.8 Å². The number of likely N-dealkylation sites (tertiary alicyclic amines) is 1. The zero-order valence-electron chi connectivity index (χ0n) is 18.1. The van der Waals surface area contributed by atoms with E-state index >= 15 is 0 Å². The molecule has 1 aliphatic heterocycles. The van der Waals surface area contributed by atoms with Gasteiger partial charge in [-0.05, 0) is 43.0 Å². The quantitative estimate of drug-likeness (QED) is 0.645. The number of hydrogen-bond acceptors (Lipinski definition) is 6. The Morgan fingerprint density at radius 2 is 1.72 bits per heavy atom. The highest BCUT2D eigenvalue weighted by Crippen LogP contribution is 2.29. The van der Waals surface area contributed by atoms with Gasteiger partial charge in [-0.15, -0.1) is 0 Å². The number of rotatable bonds is 6. The van der Waals surface area contributed by atoms with Gasteiger partial charge in [0.1, 0.15) is 5.82 Å². The van der Waals surface area contributed by atoms with Crippen molar-refractivity contribution in [1.29, 1.82) is 0 Å². The minimum absolute atomic E-state index is 0.102. The summed E-state index contributed by atoms with van der Waals surface area (Å²) in [6, 6.07) is 7.51. The van der Waals surface area contributed by atoms with Crippen molar-refractivity contribution in [2.75, 3.05) is 13.1 Å². The number of amides is 2. The lowest BCUT2D eigenvalue weighted by molar-refractivity contribution is -0.131. The molecule has 1 aliphatic rings. The molecule has 1 saturated heterocycles. The topological polar surface area (TPSA) is 101 Å². The fourth-order valence-corrected chi connectivity index (χ4v) is 3.95. The average molecular weight is 431 g/mol. The van der Waals surface area contributed by atoms with Crippen LogP contribution in [0.25, 0.3) is 0 Å². The molecule has 0 unspecified atom stereocenters. The summed E-state index contributed by atoms with van der Waals surface area (Å²) in [6.07, 6.45) is 10.3. The van der Waals surface area contributed by atoms with Gasteiger partial charge >= 0.3 is 0 Å². The first-order valence-electron chi connectivity index (χ1n) is 10.8. The third kappa shape index (κ3) is 5.32. The maximum absolute atomic E-state index is 12.9. The monoisotopic (exact) mass is 430 g/mol. The molecule has 3 aromatic heterocycles. The van der Waals surface area contributed by atoms with Crippen LogP contribution in [0.2, 0.25) is 0 Å². The molecule has 0 atom stereocenters. The number of carbonyl (C=O) groups excluding carboxylic acids is 2. The summed E-state index contributed by atoms with van der Waals surface area (Å²) >= 11 is 0. The van der Waals surface area contributed by atoms with Gasteiger partial charge in [0.25, 0.3) is 5.91 Å². The predicted molar refractivity (Wildman–Crippen MR) is 119 cm³/mol. The number of aryl methyl sites for hydroxylation is 1. The van der Waals surface area contributed by atoms with Gasteiger partial charge in [0.15, 0.2) is 0 Å². The zero-order valence-corrected chi connectivity index (χ0v) is 18.1. The second kappa shape index (κ2) is 10.1. The second-order valence-electron chi connectivity index (χ2n) is 7.95. The van der Waals surface area contributed by atoms with Crippen LogP contribution in [0.5, 0.6) is 0 Å². The average Bonchev–Trinajstić information content (AvgIpc) is 2.84. The Bertz CT molecular complexity index is 1070. The Morgan fingerprint density at radius 1 is 1.03 bits per heavy atom. The van der Waals surface area contributed by atoms with Crippen LogP contribution in [0.15, 0.2) is 55.2 Å². The smallest absolute Gasteiger partial charge is 0.254 e. The molecule has 2 amide bonds. The highest BCUT2D eigenvalue weighted by molar-refractivity contribution is 5.95. The summed E-state index contributed by atoms with van der Waals surface area (Å²) in [6.45, 7) is 3.50. The van der Waals surface area contributed by atoms with E-state index in [1.807, 2.05) is 36.1 Å². The van der Waals surface area contributed by atoms with Gasteiger partial charge < -0.3 is 10.2 Å². The highest BCUT2D eigenvalue weighted by Gasteiger charge is 2.28. The van der Waals surface area contributed by atoms with E-state index in [9.17, 15) is 9.59 Å². The molecule has 0 saturated carbocycles. The van der Waals surface area contributed by atoms with E-state index in [2.05, 4.69) is 25.3 Å². The molecule has 0 spiro atoms. The van der Waals surface area contributed by atoms with Crippen LogP contribution in [0, 0.1) is 6.92 Å². The SMILES string of the molecule is Cc1ncc(C(=O)NCc2cccnc2)c(C2CCN(C(=O)Cc3cccnc3)CC2)n1. The fourth-order valence-electron chi connectivity index (χ4n) is 3.95. The molecule has 3 aromatic rings. The number of nitrogens with zero attached hydrogens (tertiary/aromatic N) is 5. The Hall–Kier alpha value is -3.68. The molecule has 32 heavy (non-hydrogen) atoms. The standard InChI is InChI=1S/C24H26N6O2/c1-17-27-16-21(24(32)28-15-19-5-3-9-26-14-19)23(29-17)20-6-10-30(11-7-20)22(31)12-18-4-2-8-25-13-18/h2-5,8-9,13-14,16,20H,6-7,10-12,15H2,1H3,(H,28,32). The fraction of sp³-hybridized carbons (Fsp3) is 0.333. The molecule has 1 N–H and O–H groups in total. The Kier molecular flexibility index (Phi) is 6.79. The van der Waals surface area contributed by atoms with E-state index in [1.165, 1.54) is 0 Å². The van der Waals surface area contributed by atoms with Gasteiger partial charge in [-0.3, -0.25) is 19.6 Å². The first kappa shape index (κ1) is 21.5. The van der Waals surface area contributed by atoms with Crippen LogP contribution < -0.4 is 5.32 Å². The first-order chi connectivity index (χ1) is 15.6. The molecule has 4 heterocycles. The molecule has 8 nitrogen and oxygen atoms in total. The molecule has 0 bridgehead atoms. The lowest BCUT2D eigenvalue weighted by atomic mass is 9.90.